The molecule has 0 radical (unpaired) electrons. The van der Waals surface area contributed by atoms with Gasteiger partial charge < -0.3 is 11.5 Å². The summed E-state index contributed by atoms with van der Waals surface area (Å²) in [6.07, 6.45) is 4.07. The van der Waals surface area contributed by atoms with Gasteiger partial charge >= 0.3 is 0 Å². The Labute approximate surface area is 117 Å². The van der Waals surface area contributed by atoms with E-state index < -0.39 is 10.9 Å². The molecular weight excluding hydrogens is 282 g/mol. The van der Waals surface area contributed by atoms with Crippen molar-refractivity contribution >= 4 is 34.4 Å². The van der Waals surface area contributed by atoms with E-state index in [9.17, 15) is 0 Å². The molecule has 0 saturated heterocycles. The number of nitrogens with zero attached hydrogens (tertiary/aromatic N) is 3. The maximum atomic E-state index is 6.33. The fourth-order valence-corrected chi connectivity index (χ4v) is 3.88. The van der Waals surface area contributed by atoms with E-state index >= 15 is 0 Å². The molecule has 0 fully saturated rings. The maximum Gasteiger partial charge on any atom is 0.241 e. The van der Waals surface area contributed by atoms with E-state index in [0.29, 0.717) is 5.02 Å². The molecule has 7 heteroatoms. The fourth-order valence-electron chi connectivity index (χ4n) is 1.86. The van der Waals surface area contributed by atoms with Gasteiger partial charge in [-0.2, -0.15) is 20.6 Å². The zero-order valence-corrected chi connectivity index (χ0v) is 11.5. The molecule has 0 atom stereocenters. The van der Waals surface area contributed by atoms with Gasteiger partial charge in [-0.1, -0.05) is 23.8 Å². The lowest BCUT2D eigenvalue weighted by atomic mass is 10.3. The van der Waals surface area contributed by atoms with Gasteiger partial charge in [-0.15, -0.1) is 5.10 Å². The molecule has 0 spiro atoms. The average Bonchev–Trinajstić information content (AvgIpc) is 2.99. The molecule has 0 aliphatic carbocycles. The summed E-state index contributed by atoms with van der Waals surface area (Å²) >= 11 is 6.33. The van der Waals surface area contributed by atoms with Gasteiger partial charge in [0.25, 0.3) is 0 Å². The van der Waals surface area contributed by atoms with Gasteiger partial charge in [0.05, 0.1) is 10.7 Å². The maximum absolute atomic E-state index is 6.33. The van der Waals surface area contributed by atoms with Crippen LogP contribution >= 0.6 is 22.5 Å². The molecule has 1 aromatic heterocycles. The van der Waals surface area contributed by atoms with Crippen LogP contribution in [0.3, 0.4) is 0 Å². The number of hydrogen-bond donors (Lipinski definition) is 3. The molecule has 4 N–H and O–H groups in total. The molecule has 1 aliphatic rings. The molecule has 0 unspecified atom stereocenters. The molecule has 1 aliphatic heterocycles. The summed E-state index contributed by atoms with van der Waals surface area (Å²) < 4.78 is 1.47. The average molecular weight is 294 g/mol. The molecule has 0 saturated carbocycles. The molecule has 0 amide bonds. The van der Waals surface area contributed by atoms with Gasteiger partial charge in [-0.3, -0.25) is 0 Å². The van der Waals surface area contributed by atoms with Crippen LogP contribution in [-0.4, -0.2) is 14.8 Å². The number of allylic oxidation sites excluding steroid dienone is 2. The predicted molar refractivity (Wildman–Crippen MR) is 80.7 cm³/mol. The predicted octanol–water partition coefficient (Wildman–Crippen LogP) is 2.49. The highest BCUT2D eigenvalue weighted by Gasteiger charge is 2.11. The highest BCUT2D eigenvalue weighted by Crippen LogP contribution is 2.45. The summed E-state index contributed by atoms with van der Waals surface area (Å²) in [7, 11) is -0.439. The van der Waals surface area contributed by atoms with Crippen LogP contribution in [0, 0.1) is 0 Å². The van der Waals surface area contributed by atoms with Crippen molar-refractivity contribution in [3.8, 4) is 5.69 Å². The van der Waals surface area contributed by atoms with Crippen molar-refractivity contribution in [3.05, 3.63) is 46.2 Å². The number of benzene rings is 1. The van der Waals surface area contributed by atoms with Gasteiger partial charge in [0.1, 0.15) is 0 Å². The summed E-state index contributed by atoms with van der Waals surface area (Å²) in [6.45, 7) is 0. The van der Waals surface area contributed by atoms with Crippen molar-refractivity contribution < 1.29 is 0 Å². The molecule has 2 heterocycles. The fraction of sp³-hybridized carbons (Fsp3) is 0. The lowest BCUT2D eigenvalue weighted by Gasteiger charge is -2.13. The molecule has 3 rings (SSSR count). The third kappa shape index (κ3) is 2.20. The molecular formula is C12H12ClN5S. The van der Waals surface area contributed by atoms with Crippen LogP contribution in [0.1, 0.15) is 0 Å². The Hall–Kier alpha value is -1.92. The zero-order valence-electron chi connectivity index (χ0n) is 9.86. The Kier molecular flexibility index (Phi) is 2.96. The summed E-state index contributed by atoms with van der Waals surface area (Å²) in [5, 5.41) is 9.02. The van der Waals surface area contributed by atoms with E-state index in [-0.39, 0.29) is 11.9 Å². The third-order valence-corrected chi connectivity index (χ3v) is 5.08. The van der Waals surface area contributed by atoms with Crippen LogP contribution in [-0.2, 0) is 0 Å². The first-order chi connectivity index (χ1) is 9.15. The first-order valence-corrected chi connectivity index (χ1v) is 7.42. The minimum Gasteiger partial charge on any atom is -0.368 e. The van der Waals surface area contributed by atoms with Crippen LogP contribution in [0.5, 0.6) is 0 Å². The lowest BCUT2D eigenvalue weighted by Crippen LogP contribution is -2.02. The number of aromatic nitrogens is 3. The Balaban J connectivity index is 2.02. The zero-order chi connectivity index (χ0) is 13.4. The first kappa shape index (κ1) is 12.1. The molecule has 19 heavy (non-hydrogen) atoms. The Morgan fingerprint density at radius 1 is 1.16 bits per heavy atom. The smallest absolute Gasteiger partial charge is 0.241 e. The van der Waals surface area contributed by atoms with Crippen LogP contribution in [0.15, 0.2) is 46.1 Å². The molecule has 2 aromatic rings. The van der Waals surface area contributed by atoms with Gasteiger partial charge in [0.15, 0.2) is 0 Å². The number of thiol groups is 1. The van der Waals surface area contributed by atoms with Gasteiger partial charge in [-0.05, 0) is 29.0 Å². The minimum absolute atomic E-state index is 0.142. The summed E-state index contributed by atoms with van der Waals surface area (Å²) in [4.78, 5) is 4.97. The van der Waals surface area contributed by atoms with Crippen molar-refractivity contribution in [1.29, 1.82) is 0 Å². The molecule has 1 aromatic carbocycles. The van der Waals surface area contributed by atoms with Crippen LogP contribution < -0.4 is 11.5 Å². The van der Waals surface area contributed by atoms with Gasteiger partial charge in [0.2, 0.25) is 11.9 Å². The highest BCUT2D eigenvalue weighted by molar-refractivity contribution is 8.22. The van der Waals surface area contributed by atoms with Crippen molar-refractivity contribution in [2.45, 2.75) is 4.90 Å². The number of halogens is 1. The number of nitrogen functional groups attached to an aromatic ring is 2. The summed E-state index contributed by atoms with van der Waals surface area (Å²) in [6, 6.07) is 5.72. The van der Waals surface area contributed by atoms with Crippen molar-refractivity contribution in [2.24, 2.45) is 0 Å². The van der Waals surface area contributed by atoms with E-state index in [1.54, 1.807) is 0 Å². The highest BCUT2D eigenvalue weighted by atomic mass is 35.5. The second kappa shape index (κ2) is 4.64. The Morgan fingerprint density at radius 2 is 1.89 bits per heavy atom. The van der Waals surface area contributed by atoms with Crippen LogP contribution in [0.2, 0.25) is 5.02 Å². The van der Waals surface area contributed by atoms with E-state index in [1.807, 2.05) is 30.4 Å². The van der Waals surface area contributed by atoms with E-state index in [2.05, 4.69) is 20.9 Å². The van der Waals surface area contributed by atoms with Crippen LogP contribution in [0.4, 0.5) is 11.9 Å². The second-order valence-corrected chi connectivity index (χ2v) is 6.27. The summed E-state index contributed by atoms with van der Waals surface area (Å²) in [5.74, 6) is 0.386. The number of anilines is 2. The van der Waals surface area contributed by atoms with Gasteiger partial charge in [0, 0.05) is 4.90 Å². The van der Waals surface area contributed by atoms with Crippen molar-refractivity contribution in [2.75, 3.05) is 11.5 Å². The number of nitrogens with two attached hydrogens (primary N) is 2. The molecule has 98 valence electrons. The monoisotopic (exact) mass is 293 g/mol. The third-order valence-electron chi connectivity index (χ3n) is 2.71. The van der Waals surface area contributed by atoms with E-state index in [4.69, 9.17) is 23.1 Å². The van der Waals surface area contributed by atoms with E-state index in [1.165, 1.54) is 4.68 Å². The van der Waals surface area contributed by atoms with Crippen LogP contribution in [0.25, 0.3) is 5.69 Å². The SMILES string of the molecule is Nc1nc(N)n(-c2ccc([SH]3C=CC=C3)c(Cl)c2)n1. The quantitative estimate of drug-likeness (QED) is 0.743. The van der Waals surface area contributed by atoms with Crippen molar-refractivity contribution in [1.82, 2.24) is 14.8 Å². The minimum atomic E-state index is -0.439. The van der Waals surface area contributed by atoms with Gasteiger partial charge in [-0.25, -0.2) is 0 Å². The molecule has 0 bridgehead atoms. The Bertz CT molecular complexity index is 679. The normalized spacial score (nSPS) is 15.3. The molecule has 5 nitrogen and oxygen atoms in total. The summed E-state index contributed by atoms with van der Waals surface area (Å²) in [5.41, 5.74) is 12.0. The number of rotatable bonds is 2. The van der Waals surface area contributed by atoms with E-state index in [0.717, 1.165) is 10.6 Å². The van der Waals surface area contributed by atoms with Crippen molar-refractivity contribution in [3.63, 3.8) is 0 Å². The standard InChI is InChI=1S/C12H12ClN5S/c13-9-7-8(18-12(15)16-11(14)17-18)3-4-10(9)19-5-1-2-6-19/h1-7,19H,(H4,14,15,16,17). The second-order valence-electron chi connectivity index (χ2n) is 3.97. The Morgan fingerprint density at radius 3 is 2.47 bits per heavy atom. The number of hydrogen-bond acceptors (Lipinski definition) is 4. The first-order valence-electron chi connectivity index (χ1n) is 5.56. The lowest BCUT2D eigenvalue weighted by molar-refractivity contribution is 0.894. The largest absolute Gasteiger partial charge is 0.368 e. The topological polar surface area (TPSA) is 82.7 Å².